The molecule has 1 amide bonds. The van der Waals surface area contributed by atoms with Crippen LogP contribution in [-0.4, -0.2) is 45.3 Å². The molecule has 0 aliphatic carbocycles. The standard InChI is InChI=1S/C26H26IN3O7S/c1-17-8-10-20(11-9-17)38(34,35)30-22(19-6-4-3-5-7-19)14-24(31)29-28-15-18-12-21(27)26(23(13-18)36-2)37-16-25(32)33/h3-13,15,22,30H,14,16H2,1-2H3,(H,29,31)(H,32,33)/b28-15-/t22-/m1/s1. The summed E-state index contributed by atoms with van der Waals surface area (Å²) >= 11 is 1.98. The van der Waals surface area contributed by atoms with E-state index < -0.39 is 34.5 Å². The lowest BCUT2D eigenvalue weighted by atomic mass is 10.0. The molecule has 200 valence electrons. The molecule has 0 aromatic heterocycles. The van der Waals surface area contributed by atoms with Gasteiger partial charge in [-0.2, -0.15) is 5.10 Å². The van der Waals surface area contributed by atoms with Gasteiger partial charge in [-0.1, -0.05) is 48.0 Å². The van der Waals surface area contributed by atoms with Crippen molar-refractivity contribution in [1.82, 2.24) is 10.1 Å². The molecule has 0 saturated carbocycles. The number of nitrogens with one attached hydrogen (secondary N) is 2. The minimum absolute atomic E-state index is 0.0989. The van der Waals surface area contributed by atoms with Crippen molar-refractivity contribution in [3.05, 3.63) is 87.0 Å². The van der Waals surface area contributed by atoms with Crippen molar-refractivity contribution < 1.29 is 32.6 Å². The lowest BCUT2D eigenvalue weighted by molar-refractivity contribution is -0.139. The van der Waals surface area contributed by atoms with Gasteiger partial charge in [0.05, 0.1) is 27.8 Å². The van der Waals surface area contributed by atoms with Gasteiger partial charge < -0.3 is 14.6 Å². The van der Waals surface area contributed by atoms with Crippen molar-refractivity contribution in [3.8, 4) is 11.5 Å². The average molecular weight is 651 g/mol. The number of carboxylic acid groups (broad SMARTS) is 1. The lowest BCUT2D eigenvalue weighted by Gasteiger charge is -2.18. The zero-order valence-electron chi connectivity index (χ0n) is 20.5. The molecule has 0 spiro atoms. The number of nitrogens with zero attached hydrogens (tertiary/aromatic N) is 1. The number of hydrogen-bond acceptors (Lipinski definition) is 7. The summed E-state index contributed by atoms with van der Waals surface area (Å²) in [7, 11) is -2.47. The highest BCUT2D eigenvalue weighted by atomic mass is 127. The highest BCUT2D eigenvalue weighted by molar-refractivity contribution is 14.1. The summed E-state index contributed by atoms with van der Waals surface area (Å²) in [5.74, 6) is -1.04. The zero-order chi connectivity index (χ0) is 27.7. The van der Waals surface area contributed by atoms with Gasteiger partial charge in [-0.05, 0) is 64.9 Å². The maximum atomic E-state index is 13.0. The number of benzene rings is 3. The number of carbonyl (C=O) groups excluding carboxylic acids is 1. The number of hydrazone groups is 1. The molecule has 0 fully saturated rings. The number of hydrogen-bond donors (Lipinski definition) is 3. The minimum atomic E-state index is -3.89. The van der Waals surface area contributed by atoms with Crippen LogP contribution in [0.25, 0.3) is 0 Å². The van der Waals surface area contributed by atoms with E-state index in [0.29, 0.717) is 20.4 Å². The summed E-state index contributed by atoms with van der Waals surface area (Å²) in [6.45, 7) is 1.34. The SMILES string of the molecule is COc1cc(/C=N\NC(=O)C[C@@H](NS(=O)(=O)c2ccc(C)cc2)c2ccccc2)cc(I)c1OCC(=O)O. The summed E-state index contributed by atoms with van der Waals surface area (Å²) in [4.78, 5) is 23.6. The molecule has 1 atom stereocenters. The van der Waals surface area contributed by atoms with E-state index in [1.54, 1.807) is 54.6 Å². The van der Waals surface area contributed by atoms with Gasteiger partial charge >= 0.3 is 5.97 Å². The highest BCUT2D eigenvalue weighted by Crippen LogP contribution is 2.33. The first kappa shape index (κ1) is 29.1. The molecule has 0 saturated heterocycles. The largest absolute Gasteiger partial charge is 0.493 e. The Morgan fingerprint density at radius 3 is 2.42 bits per heavy atom. The third-order valence-corrected chi connectivity index (χ3v) is 7.50. The molecule has 3 aromatic rings. The molecule has 0 aliphatic heterocycles. The number of carbonyl (C=O) groups is 2. The van der Waals surface area contributed by atoms with Crippen LogP contribution in [0.3, 0.4) is 0 Å². The lowest BCUT2D eigenvalue weighted by Crippen LogP contribution is -2.32. The molecular formula is C26H26IN3O7S. The van der Waals surface area contributed by atoms with Crippen LogP contribution in [0.2, 0.25) is 0 Å². The van der Waals surface area contributed by atoms with Gasteiger partial charge in [0.25, 0.3) is 0 Å². The van der Waals surface area contributed by atoms with Crippen LogP contribution in [-0.2, 0) is 19.6 Å². The predicted octanol–water partition coefficient (Wildman–Crippen LogP) is 3.63. The second-order valence-electron chi connectivity index (χ2n) is 8.11. The Bertz CT molecular complexity index is 1410. The van der Waals surface area contributed by atoms with Gasteiger partial charge in [0.1, 0.15) is 0 Å². The molecule has 0 aliphatic rings. The first-order chi connectivity index (χ1) is 18.1. The van der Waals surface area contributed by atoms with Gasteiger partial charge in [0, 0.05) is 6.42 Å². The van der Waals surface area contributed by atoms with E-state index in [9.17, 15) is 18.0 Å². The minimum Gasteiger partial charge on any atom is -0.493 e. The maximum absolute atomic E-state index is 13.0. The van der Waals surface area contributed by atoms with Crippen LogP contribution < -0.4 is 19.6 Å². The summed E-state index contributed by atoms with van der Waals surface area (Å²) < 4.78 is 39.7. The van der Waals surface area contributed by atoms with Crippen LogP contribution in [0.15, 0.2) is 76.7 Å². The van der Waals surface area contributed by atoms with E-state index in [1.807, 2.05) is 29.5 Å². The fourth-order valence-corrected chi connectivity index (χ4v) is 5.39. The molecule has 0 unspecified atom stereocenters. The predicted molar refractivity (Wildman–Crippen MR) is 150 cm³/mol. The van der Waals surface area contributed by atoms with Crippen molar-refractivity contribution in [1.29, 1.82) is 0 Å². The fourth-order valence-electron chi connectivity index (χ4n) is 3.38. The van der Waals surface area contributed by atoms with E-state index in [1.165, 1.54) is 25.5 Å². The van der Waals surface area contributed by atoms with Crippen molar-refractivity contribution in [2.45, 2.75) is 24.3 Å². The summed E-state index contributed by atoms with van der Waals surface area (Å²) in [5.41, 5.74) is 4.53. The maximum Gasteiger partial charge on any atom is 0.341 e. The monoisotopic (exact) mass is 651 g/mol. The van der Waals surface area contributed by atoms with Gasteiger partial charge in [-0.25, -0.2) is 23.4 Å². The molecule has 0 heterocycles. The first-order valence-corrected chi connectivity index (χ1v) is 13.8. The van der Waals surface area contributed by atoms with Crippen molar-refractivity contribution in [2.24, 2.45) is 5.10 Å². The summed E-state index contributed by atoms with van der Waals surface area (Å²) in [6, 6.07) is 17.7. The van der Waals surface area contributed by atoms with Crippen molar-refractivity contribution >= 4 is 50.7 Å². The first-order valence-electron chi connectivity index (χ1n) is 11.3. The number of aliphatic carboxylic acids is 1. The second-order valence-corrected chi connectivity index (χ2v) is 11.0. The Morgan fingerprint density at radius 1 is 1.11 bits per heavy atom. The Labute approximate surface area is 234 Å². The van der Waals surface area contributed by atoms with Gasteiger partial charge in [-0.3, -0.25) is 4.79 Å². The third-order valence-electron chi connectivity index (χ3n) is 5.21. The number of aryl methyl sites for hydroxylation is 1. The Hall–Kier alpha value is -3.49. The fraction of sp³-hybridized carbons (Fsp3) is 0.192. The number of methoxy groups -OCH3 is 1. The van der Waals surface area contributed by atoms with E-state index >= 15 is 0 Å². The molecule has 12 heteroatoms. The number of amides is 1. The van der Waals surface area contributed by atoms with Crippen molar-refractivity contribution in [3.63, 3.8) is 0 Å². The molecule has 0 radical (unpaired) electrons. The van der Waals surface area contributed by atoms with Crippen LogP contribution in [0.1, 0.15) is 29.2 Å². The van der Waals surface area contributed by atoms with Gasteiger partial charge in [0.15, 0.2) is 18.1 Å². The number of sulfonamides is 1. The number of halogens is 1. The third kappa shape index (κ3) is 8.26. The molecule has 38 heavy (non-hydrogen) atoms. The molecule has 0 bridgehead atoms. The number of rotatable bonds is 12. The summed E-state index contributed by atoms with van der Waals surface area (Å²) in [6.07, 6.45) is 1.19. The molecule has 10 nitrogen and oxygen atoms in total. The number of ether oxygens (including phenoxy) is 2. The van der Waals surface area contributed by atoms with Crippen molar-refractivity contribution in [2.75, 3.05) is 13.7 Å². The van der Waals surface area contributed by atoms with Crippen LogP contribution in [0.4, 0.5) is 0 Å². The van der Waals surface area contributed by atoms with Gasteiger partial charge in [0.2, 0.25) is 15.9 Å². The Balaban J connectivity index is 1.72. The highest BCUT2D eigenvalue weighted by Gasteiger charge is 2.23. The van der Waals surface area contributed by atoms with Crippen LogP contribution in [0, 0.1) is 10.5 Å². The quantitative estimate of drug-likeness (QED) is 0.154. The Morgan fingerprint density at radius 2 is 1.79 bits per heavy atom. The van der Waals surface area contributed by atoms with E-state index in [2.05, 4.69) is 15.2 Å². The van der Waals surface area contributed by atoms with Gasteiger partial charge in [-0.15, -0.1) is 0 Å². The molecular weight excluding hydrogens is 625 g/mol. The van der Waals surface area contributed by atoms with Crippen LogP contribution >= 0.6 is 22.6 Å². The normalized spacial score (nSPS) is 12.2. The number of carboxylic acids is 1. The second kappa shape index (κ2) is 13.3. The summed E-state index contributed by atoms with van der Waals surface area (Å²) in [5, 5.41) is 12.8. The zero-order valence-corrected chi connectivity index (χ0v) is 23.5. The Kier molecular flexibility index (Phi) is 10.2. The van der Waals surface area contributed by atoms with E-state index in [0.717, 1.165) is 5.56 Å². The van der Waals surface area contributed by atoms with E-state index in [4.69, 9.17) is 14.6 Å². The molecule has 3 aromatic carbocycles. The smallest absolute Gasteiger partial charge is 0.341 e. The average Bonchev–Trinajstić information content (AvgIpc) is 2.88. The molecule has 3 N–H and O–H groups in total. The van der Waals surface area contributed by atoms with Crippen LogP contribution in [0.5, 0.6) is 11.5 Å². The van der Waals surface area contributed by atoms with E-state index in [-0.39, 0.29) is 17.1 Å². The topological polar surface area (TPSA) is 143 Å². The molecule has 3 rings (SSSR count).